The Morgan fingerprint density at radius 1 is 1.16 bits per heavy atom. The molecule has 2 aromatic rings. The molecule has 0 spiro atoms. The van der Waals surface area contributed by atoms with Crippen molar-refractivity contribution in [1.82, 2.24) is 5.43 Å². The summed E-state index contributed by atoms with van der Waals surface area (Å²) in [5, 5.41) is 4.24. The van der Waals surface area contributed by atoms with Crippen molar-refractivity contribution in [3.8, 4) is 5.75 Å². The van der Waals surface area contributed by atoms with Gasteiger partial charge in [0.15, 0.2) is 0 Å². The number of rotatable bonds is 6. The molecule has 132 valence electrons. The van der Waals surface area contributed by atoms with Gasteiger partial charge in [0.25, 0.3) is 0 Å². The van der Waals surface area contributed by atoms with Gasteiger partial charge in [-0.15, -0.1) is 0 Å². The summed E-state index contributed by atoms with van der Waals surface area (Å²) in [7, 11) is 0. The van der Waals surface area contributed by atoms with Crippen LogP contribution >= 0.6 is 0 Å². The summed E-state index contributed by atoms with van der Waals surface area (Å²) in [6.45, 7) is 9.88. The van der Waals surface area contributed by atoms with E-state index < -0.39 is 0 Å². The molecule has 0 heterocycles. The number of carbonyl (C=O) groups is 1. The van der Waals surface area contributed by atoms with Crippen molar-refractivity contribution in [3.05, 3.63) is 64.7 Å². The second-order valence-electron chi connectivity index (χ2n) is 6.50. The van der Waals surface area contributed by atoms with E-state index in [1.54, 1.807) is 0 Å². The van der Waals surface area contributed by atoms with E-state index in [2.05, 4.69) is 16.6 Å². The Bertz CT molecular complexity index is 779. The third-order valence-corrected chi connectivity index (χ3v) is 3.84. The summed E-state index contributed by atoms with van der Waals surface area (Å²) in [5.41, 5.74) is 7.56. The van der Waals surface area contributed by atoms with Gasteiger partial charge in [0.1, 0.15) is 5.75 Å². The minimum absolute atomic E-state index is 0.0769. The second kappa shape index (κ2) is 8.47. The molecule has 0 unspecified atom stereocenters. The number of nitrogens with one attached hydrogen (secondary N) is 1. The van der Waals surface area contributed by atoms with Crippen molar-refractivity contribution in [2.75, 3.05) is 0 Å². The fraction of sp³-hybridized carbons (Fsp3) is 0.333. The van der Waals surface area contributed by atoms with Crippen LogP contribution in [0, 0.1) is 13.8 Å². The Hall–Kier alpha value is -2.62. The van der Waals surface area contributed by atoms with Gasteiger partial charge in [-0.1, -0.05) is 35.9 Å². The molecule has 4 nitrogen and oxygen atoms in total. The summed E-state index contributed by atoms with van der Waals surface area (Å²) < 4.78 is 5.80. The Morgan fingerprint density at radius 2 is 1.88 bits per heavy atom. The molecular formula is C21H26N2O2. The quantitative estimate of drug-likeness (QED) is 0.635. The maximum absolute atomic E-state index is 12.2. The van der Waals surface area contributed by atoms with Crippen molar-refractivity contribution in [3.63, 3.8) is 0 Å². The monoisotopic (exact) mass is 338 g/mol. The van der Waals surface area contributed by atoms with Crippen LogP contribution in [-0.2, 0) is 11.2 Å². The summed E-state index contributed by atoms with van der Waals surface area (Å²) in [5.74, 6) is 0.635. The number of carbonyl (C=O) groups excluding carboxylic acids is 1. The van der Waals surface area contributed by atoms with Crippen LogP contribution in [0.1, 0.15) is 43.0 Å². The van der Waals surface area contributed by atoms with Crippen molar-refractivity contribution >= 4 is 11.6 Å². The molecule has 0 fully saturated rings. The Kier molecular flexibility index (Phi) is 6.34. The molecule has 4 heteroatoms. The van der Waals surface area contributed by atoms with E-state index in [4.69, 9.17) is 4.74 Å². The zero-order chi connectivity index (χ0) is 18.4. The molecule has 0 saturated carbocycles. The van der Waals surface area contributed by atoms with E-state index in [0.717, 1.165) is 22.4 Å². The van der Waals surface area contributed by atoms with Crippen LogP contribution in [0.15, 0.2) is 47.6 Å². The summed E-state index contributed by atoms with van der Waals surface area (Å²) >= 11 is 0. The molecule has 0 atom stereocenters. The van der Waals surface area contributed by atoms with Crippen LogP contribution in [0.2, 0.25) is 0 Å². The third kappa shape index (κ3) is 5.45. The number of benzene rings is 2. The van der Waals surface area contributed by atoms with Gasteiger partial charge in [-0.25, -0.2) is 5.43 Å². The van der Waals surface area contributed by atoms with Crippen LogP contribution in [0.25, 0.3) is 0 Å². The Labute approximate surface area is 149 Å². The molecule has 0 aromatic heterocycles. The fourth-order valence-electron chi connectivity index (χ4n) is 2.59. The van der Waals surface area contributed by atoms with Gasteiger partial charge >= 0.3 is 0 Å². The highest BCUT2D eigenvalue weighted by Crippen LogP contribution is 2.20. The molecule has 2 rings (SSSR count). The molecule has 0 aliphatic carbocycles. The fourth-order valence-corrected chi connectivity index (χ4v) is 2.59. The lowest BCUT2D eigenvalue weighted by Gasteiger charge is -2.14. The zero-order valence-corrected chi connectivity index (χ0v) is 15.6. The normalized spacial score (nSPS) is 11.5. The molecule has 2 aromatic carbocycles. The lowest BCUT2D eigenvalue weighted by Crippen LogP contribution is -2.22. The van der Waals surface area contributed by atoms with Crippen LogP contribution in [-0.4, -0.2) is 17.7 Å². The SMILES string of the molecule is C/C(=N\NC(=O)Cc1ccc(C)cc1C)c1ccccc1OC(C)C. The van der Waals surface area contributed by atoms with Crippen molar-refractivity contribution in [2.45, 2.75) is 47.1 Å². The lowest BCUT2D eigenvalue weighted by molar-refractivity contribution is -0.120. The Morgan fingerprint density at radius 3 is 2.56 bits per heavy atom. The predicted molar refractivity (Wildman–Crippen MR) is 102 cm³/mol. The van der Waals surface area contributed by atoms with Gasteiger partial charge < -0.3 is 4.74 Å². The van der Waals surface area contributed by atoms with Crippen LogP contribution < -0.4 is 10.2 Å². The highest BCUT2D eigenvalue weighted by molar-refractivity contribution is 6.01. The molecule has 25 heavy (non-hydrogen) atoms. The van der Waals surface area contributed by atoms with Crippen molar-refractivity contribution < 1.29 is 9.53 Å². The lowest BCUT2D eigenvalue weighted by atomic mass is 10.0. The van der Waals surface area contributed by atoms with Gasteiger partial charge in [0.05, 0.1) is 18.2 Å². The van der Waals surface area contributed by atoms with Gasteiger partial charge in [-0.2, -0.15) is 5.10 Å². The highest BCUT2D eigenvalue weighted by atomic mass is 16.5. The van der Waals surface area contributed by atoms with Gasteiger partial charge in [0, 0.05) is 5.56 Å². The van der Waals surface area contributed by atoms with Crippen molar-refractivity contribution in [2.24, 2.45) is 5.10 Å². The molecule has 0 saturated heterocycles. The third-order valence-electron chi connectivity index (χ3n) is 3.84. The smallest absolute Gasteiger partial charge is 0.244 e. The first-order valence-corrected chi connectivity index (χ1v) is 8.52. The molecule has 0 aliphatic rings. The predicted octanol–water partition coefficient (Wildman–Crippen LogP) is 4.17. The topological polar surface area (TPSA) is 50.7 Å². The van der Waals surface area contributed by atoms with Gasteiger partial charge in [-0.05, 0) is 57.9 Å². The maximum Gasteiger partial charge on any atom is 0.244 e. The first-order valence-electron chi connectivity index (χ1n) is 8.52. The minimum Gasteiger partial charge on any atom is -0.490 e. The summed E-state index contributed by atoms with van der Waals surface area (Å²) in [6, 6.07) is 13.8. The molecular weight excluding hydrogens is 312 g/mol. The standard InChI is InChI=1S/C21H26N2O2/c1-14(2)25-20-9-7-6-8-19(20)17(5)22-23-21(24)13-18-11-10-15(3)12-16(18)4/h6-12,14H,13H2,1-5H3,(H,23,24)/b22-17+. The zero-order valence-electron chi connectivity index (χ0n) is 15.6. The van der Waals surface area contributed by atoms with E-state index >= 15 is 0 Å². The largest absolute Gasteiger partial charge is 0.490 e. The van der Waals surface area contributed by atoms with E-state index in [1.807, 2.05) is 71.0 Å². The van der Waals surface area contributed by atoms with Crippen molar-refractivity contribution in [1.29, 1.82) is 0 Å². The number of hydrogen-bond donors (Lipinski definition) is 1. The average molecular weight is 338 g/mol. The Balaban J connectivity index is 2.07. The number of nitrogens with zero attached hydrogens (tertiary/aromatic N) is 1. The van der Waals surface area contributed by atoms with Gasteiger partial charge in [-0.3, -0.25) is 4.79 Å². The first-order chi connectivity index (χ1) is 11.9. The van der Waals surface area contributed by atoms with Crippen LogP contribution in [0.5, 0.6) is 5.75 Å². The summed E-state index contributed by atoms with van der Waals surface area (Å²) in [4.78, 5) is 12.2. The minimum atomic E-state index is -0.131. The molecule has 0 bridgehead atoms. The number of hydrogen-bond acceptors (Lipinski definition) is 3. The highest BCUT2D eigenvalue weighted by Gasteiger charge is 2.09. The number of amides is 1. The molecule has 1 amide bonds. The first kappa shape index (κ1) is 18.7. The second-order valence-corrected chi connectivity index (χ2v) is 6.50. The van der Waals surface area contributed by atoms with E-state index in [9.17, 15) is 4.79 Å². The average Bonchev–Trinajstić information content (AvgIpc) is 2.55. The van der Waals surface area contributed by atoms with Gasteiger partial charge in [0.2, 0.25) is 5.91 Å². The summed E-state index contributed by atoms with van der Waals surface area (Å²) in [6.07, 6.45) is 0.389. The molecule has 0 aliphatic heterocycles. The number of aryl methyl sites for hydroxylation is 2. The number of ether oxygens (including phenoxy) is 1. The van der Waals surface area contributed by atoms with Crippen LogP contribution in [0.4, 0.5) is 0 Å². The van der Waals surface area contributed by atoms with E-state index in [-0.39, 0.29) is 12.0 Å². The number of para-hydroxylation sites is 1. The molecule has 1 N–H and O–H groups in total. The molecule has 0 radical (unpaired) electrons. The maximum atomic E-state index is 12.2. The van der Waals surface area contributed by atoms with E-state index in [0.29, 0.717) is 12.1 Å². The van der Waals surface area contributed by atoms with E-state index in [1.165, 1.54) is 5.56 Å². The number of hydrazone groups is 1. The van der Waals surface area contributed by atoms with Crippen LogP contribution in [0.3, 0.4) is 0 Å².